The van der Waals surface area contributed by atoms with Crippen molar-refractivity contribution in [2.45, 2.75) is 17.7 Å². The minimum atomic E-state index is 0.239. The molecule has 1 amide bonds. The Balaban J connectivity index is 1.70. The largest absolute Gasteiger partial charge is 0.341 e. The highest BCUT2D eigenvalue weighted by molar-refractivity contribution is 9.09. The predicted octanol–water partition coefficient (Wildman–Crippen LogP) is 2.77. The Morgan fingerprint density at radius 3 is 2.89 bits per heavy atom. The molecule has 2 aromatic rings. The Bertz CT molecular complexity index is 614. The maximum absolute atomic E-state index is 11.7. The second kappa shape index (κ2) is 5.29. The molecule has 0 bridgehead atoms. The summed E-state index contributed by atoms with van der Waals surface area (Å²) in [5.41, 5.74) is 2.07. The van der Waals surface area contributed by atoms with Crippen molar-refractivity contribution >= 4 is 32.7 Å². The van der Waals surface area contributed by atoms with Crippen LogP contribution in [0.25, 0.3) is 10.9 Å². The van der Waals surface area contributed by atoms with Gasteiger partial charge in [0.15, 0.2) is 0 Å². The number of amides is 1. The van der Waals surface area contributed by atoms with Gasteiger partial charge in [0.1, 0.15) is 0 Å². The molecule has 0 aliphatic carbocycles. The van der Waals surface area contributed by atoms with Crippen LogP contribution in [0, 0.1) is 0 Å². The van der Waals surface area contributed by atoms with Crippen molar-refractivity contribution in [2.75, 3.05) is 13.1 Å². The normalized spacial score (nSPS) is 19.3. The van der Waals surface area contributed by atoms with Crippen LogP contribution < -0.4 is 0 Å². The lowest BCUT2D eigenvalue weighted by atomic mass is 10.2. The molecule has 19 heavy (non-hydrogen) atoms. The smallest absolute Gasteiger partial charge is 0.223 e. The number of carbonyl (C=O) groups is 1. The maximum atomic E-state index is 11.7. The third-order valence-electron chi connectivity index (χ3n) is 3.46. The fraction of sp³-hybridized carbons (Fsp3) is 0.333. The molecule has 1 aliphatic heterocycles. The second-order valence-electron chi connectivity index (χ2n) is 4.89. The monoisotopic (exact) mass is 318 g/mol. The van der Waals surface area contributed by atoms with Crippen molar-refractivity contribution in [3.05, 3.63) is 42.1 Å². The first-order chi connectivity index (χ1) is 9.22. The van der Waals surface area contributed by atoms with Crippen molar-refractivity contribution < 1.29 is 4.79 Å². The lowest BCUT2D eigenvalue weighted by molar-refractivity contribution is -0.127. The highest BCUT2D eigenvalue weighted by Crippen LogP contribution is 2.18. The van der Waals surface area contributed by atoms with Crippen LogP contribution in [0.4, 0.5) is 0 Å². The average Bonchev–Trinajstić information content (AvgIpc) is 2.74. The topological polar surface area (TPSA) is 33.2 Å². The molecule has 1 fully saturated rings. The van der Waals surface area contributed by atoms with Gasteiger partial charge in [-0.25, -0.2) is 0 Å². The van der Waals surface area contributed by atoms with Gasteiger partial charge in [0, 0.05) is 41.8 Å². The van der Waals surface area contributed by atoms with Crippen LogP contribution >= 0.6 is 15.9 Å². The van der Waals surface area contributed by atoms with Crippen molar-refractivity contribution in [1.29, 1.82) is 0 Å². The fourth-order valence-electron chi connectivity index (χ4n) is 2.44. The number of likely N-dealkylation sites (tertiary alicyclic amines) is 1. The zero-order valence-corrected chi connectivity index (χ0v) is 12.1. The van der Waals surface area contributed by atoms with Crippen LogP contribution in [-0.4, -0.2) is 33.7 Å². The van der Waals surface area contributed by atoms with Gasteiger partial charge in [0.25, 0.3) is 0 Å². The number of para-hydroxylation sites is 1. The minimum Gasteiger partial charge on any atom is -0.341 e. The second-order valence-corrected chi connectivity index (χ2v) is 6.18. The standard InChI is InChI=1S/C15H15BrN2O/c16-12-9-15(19)18(10-12)8-7-13-6-5-11-3-1-2-4-14(11)17-13/h1-6,12H,7-10H2. The van der Waals surface area contributed by atoms with Gasteiger partial charge in [-0.05, 0) is 12.1 Å². The van der Waals surface area contributed by atoms with E-state index >= 15 is 0 Å². The van der Waals surface area contributed by atoms with E-state index in [4.69, 9.17) is 0 Å². The van der Waals surface area contributed by atoms with E-state index in [9.17, 15) is 4.79 Å². The van der Waals surface area contributed by atoms with E-state index in [1.54, 1.807) is 0 Å². The molecule has 0 saturated carbocycles. The molecule has 1 atom stereocenters. The molecule has 0 spiro atoms. The van der Waals surface area contributed by atoms with Crippen molar-refractivity contribution in [3.8, 4) is 0 Å². The predicted molar refractivity (Wildman–Crippen MR) is 79.4 cm³/mol. The number of aromatic nitrogens is 1. The summed E-state index contributed by atoms with van der Waals surface area (Å²) in [7, 11) is 0. The average molecular weight is 319 g/mol. The Morgan fingerprint density at radius 2 is 2.11 bits per heavy atom. The minimum absolute atomic E-state index is 0.239. The number of nitrogens with zero attached hydrogens (tertiary/aromatic N) is 2. The van der Waals surface area contributed by atoms with Crippen molar-refractivity contribution in [1.82, 2.24) is 9.88 Å². The Hall–Kier alpha value is -1.42. The van der Waals surface area contributed by atoms with E-state index in [1.165, 1.54) is 0 Å². The van der Waals surface area contributed by atoms with E-state index < -0.39 is 0 Å². The van der Waals surface area contributed by atoms with E-state index in [0.29, 0.717) is 11.2 Å². The molecule has 1 aromatic heterocycles. The third kappa shape index (κ3) is 2.78. The van der Waals surface area contributed by atoms with Gasteiger partial charge < -0.3 is 4.90 Å². The zero-order chi connectivity index (χ0) is 13.2. The molecule has 1 aromatic carbocycles. The number of hydrogen-bond acceptors (Lipinski definition) is 2. The summed E-state index contributed by atoms with van der Waals surface area (Å²) in [6, 6.07) is 12.2. The summed E-state index contributed by atoms with van der Waals surface area (Å²) in [6.07, 6.45) is 1.43. The van der Waals surface area contributed by atoms with E-state index in [2.05, 4.69) is 39.1 Å². The molecule has 1 saturated heterocycles. The first-order valence-electron chi connectivity index (χ1n) is 6.49. The Kier molecular flexibility index (Phi) is 3.51. The SMILES string of the molecule is O=C1CC(Br)CN1CCc1ccc2ccccc2n1. The zero-order valence-electron chi connectivity index (χ0n) is 10.6. The van der Waals surface area contributed by atoms with E-state index in [-0.39, 0.29) is 5.91 Å². The number of pyridine rings is 1. The first kappa shape index (κ1) is 12.6. The fourth-order valence-corrected chi connectivity index (χ4v) is 3.06. The molecule has 4 heteroatoms. The maximum Gasteiger partial charge on any atom is 0.223 e. The van der Waals surface area contributed by atoms with Crippen LogP contribution in [0.15, 0.2) is 36.4 Å². The van der Waals surface area contributed by atoms with Gasteiger partial charge in [0.05, 0.1) is 5.52 Å². The third-order valence-corrected chi connectivity index (χ3v) is 4.07. The number of rotatable bonds is 3. The number of fused-ring (bicyclic) bond motifs is 1. The Labute approximate surface area is 120 Å². The summed E-state index contributed by atoms with van der Waals surface area (Å²) in [6.45, 7) is 1.57. The molecule has 98 valence electrons. The molecular formula is C15H15BrN2O. The molecule has 0 N–H and O–H groups in total. The molecule has 3 rings (SSSR count). The highest BCUT2D eigenvalue weighted by Gasteiger charge is 2.27. The number of alkyl halides is 1. The van der Waals surface area contributed by atoms with Crippen molar-refractivity contribution in [3.63, 3.8) is 0 Å². The van der Waals surface area contributed by atoms with Crippen LogP contribution in [0.2, 0.25) is 0 Å². The van der Waals surface area contributed by atoms with Crippen LogP contribution in [0.1, 0.15) is 12.1 Å². The summed E-state index contributed by atoms with van der Waals surface area (Å²) in [5, 5.41) is 1.16. The van der Waals surface area contributed by atoms with Gasteiger partial charge in [-0.2, -0.15) is 0 Å². The van der Waals surface area contributed by atoms with E-state index in [0.717, 1.165) is 36.1 Å². The quantitative estimate of drug-likeness (QED) is 0.815. The van der Waals surface area contributed by atoms with Gasteiger partial charge >= 0.3 is 0 Å². The lowest BCUT2D eigenvalue weighted by Gasteiger charge is -2.15. The first-order valence-corrected chi connectivity index (χ1v) is 7.40. The number of carbonyl (C=O) groups excluding carboxylic acids is 1. The van der Waals surface area contributed by atoms with Crippen LogP contribution in [0.3, 0.4) is 0 Å². The molecule has 1 aliphatic rings. The van der Waals surface area contributed by atoms with E-state index in [1.807, 2.05) is 23.1 Å². The van der Waals surface area contributed by atoms with Crippen LogP contribution in [-0.2, 0) is 11.2 Å². The van der Waals surface area contributed by atoms with Crippen LogP contribution in [0.5, 0.6) is 0 Å². The van der Waals surface area contributed by atoms with Gasteiger partial charge in [0.2, 0.25) is 5.91 Å². The summed E-state index contributed by atoms with van der Waals surface area (Å²) in [5.74, 6) is 0.239. The molecule has 0 radical (unpaired) electrons. The number of hydrogen-bond donors (Lipinski definition) is 0. The molecular weight excluding hydrogens is 304 g/mol. The van der Waals surface area contributed by atoms with Gasteiger partial charge in [-0.3, -0.25) is 9.78 Å². The van der Waals surface area contributed by atoms with Gasteiger partial charge in [-0.15, -0.1) is 0 Å². The lowest BCUT2D eigenvalue weighted by Crippen LogP contribution is -2.27. The van der Waals surface area contributed by atoms with Crippen molar-refractivity contribution in [2.24, 2.45) is 0 Å². The van der Waals surface area contributed by atoms with Gasteiger partial charge in [-0.1, -0.05) is 40.2 Å². The highest BCUT2D eigenvalue weighted by atomic mass is 79.9. The number of halogens is 1. The molecule has 2 heterocycles. The summed E-state index contributed by atoms with van der Waals surface area (Å²) in [4.78, 5) is 18.5. The summed E-state index contributed by atoms with van der Waals surface area (Å²) < 4.78 is 0. The molecule has 3 nitrogen and oxygen atoms in total. The molecule has 1 unspecified atom stereocenters. The summed E-state index contributed by atoms with van der Waals surface area (Å²) >= 11 is 3.50. The number of benzene rings is 1. The Morgan fingerprint density at radius 1 is 1.26 bits per heavy atom.